The fraction of sp³-hybridized carbons (Fsp3) is 0. The zero-order chi connectivity index (χ0) is 44.3. The molecule has 0 atom stereocenters. The minimum Gasteiger partial charge on any atom is -0.310 e. The average Bonchev–Trinajstić information content (AvgIpc) is 3.96. The summed E-state index contributed by atoms with van der Waals surface area (Å²) in [4.78, 5) is 2.41. The van der Waals surface area contributed by atoms with Gasteiger partial charge in [-0.1, -0.05) is 194 Å². The number of aromatic nitrogens is 1. The minimum absolute atomic E-state index is 1.08. The first-order valence-electron chi connectivity index (χ1n) is 22.9. The molecule has 0 saturated carbocycles. The Balaban J connectivity index is 0.960. The Labute approximate surface area is 393 Å². The second kappa shape index (κ2) is 16.2. The molecule has 0 amide bonds. The lowest BCUT2D eigenvalue weighted by Gasteiger charge is -2.27. The van der Waals surface area contributed by atoms with Crippen LogP contribution in [0.3, 0.4) is 0 Å². The van der Waals surface area contributed by atoms with E-state index in [0.717, 1.165) is 28.3 Å². The monoisotopic (exact) mass is 870 g/mol. The predicted octanol–water partition coefficient (Wildman–Crippen LogP) is 18.4. The number of nitrogens with zero attached hydrogens (tertiary/aromatic N) is 2. The van der Waals surface area contributed by atoms with E-state index in [0.29, 0.717) is 0 Å². The van der Waals surface area contributed by atoms with Crippen molar-refractivity contribution in [3.05, 3.63) is 255 Å². The summed E-state index contributed by atoms with van der Waals surface area (Å²) in [6.07, 6.45) is 0. The summed E-state index contributed by atoms with van der Waals surface area (Å²) in [5.41, 5.74) is 16.3. The van der Waals surface area contributed by atoms with E-state index >= 15 is 0 Å². The Hall–Kier alpha value is -8.50. The van der Waals surface area contributed by atoms with Crippen molar-refractivity contribution < 1.29 is 0 Å². The van der Waals surface area contributed by atoms with Gasteiger partial charge in [0, 0.05) is 53.6 Å². The van der Waals surface area contributed by atoms with Gasteiger partial charge in [0.1, 0.15) is 0 Å². The standard InChI is InChI=1S/C64H42N2S/c1-3-16-43(17-4-1)48-40-49(44-18-5-2-6-19-44)42-52(41-48)65(51-37-32-47(33-38-51)55-25-15-26-58-59-39-34-45-20-7-8-22-54(45)64(59)67-63(55)58)50-35-30-46(31-36-50)53-21-9-12-27-60(53)66-61-28-13-10-23-56(61)57-24-11-14-29-62(57)66/h1-42H. The molecule has 13 aromatic rings. The van der Waals surface area contributed by atoms with Crippen LogP contribution in [-0.2, 0) is 0 Å². The van der Waals surface area contributed by atoms with E-state index in [1.165, 1.54) is 91.7 Å². The lowest BCUT2D eigenvalue weighted by atomic mass is 9.97. The molecule has 67 heavy (non-hydrogen) atoms. The third kappa shape index (κ3) is 6.71. The third-order valence-electron chi connectivity index (χ3n) is 13.4. The zero-order valence-corrected chi connectivity index (χ0v) is 37.4. The van der Waals surface area contributed by atoms with Crippen molar-refractivity contribution in [1.29, 1.82) is 0 Å². The number of thiophene rings is 1. The Morgan fingerprint density at radius 3 is 1.42 bits per heavy atom. The molecule has 0 fully saturated rings. The molecule has 0 aliphatic heterocycles. The number of hydrogen-bond donors (Lipinski definition) is 0. The van der Waals surface area contributed by atoms with Gasteiger partial charge in [-0.05, 0) is 110 Å². The van der Waals surface area contributed by atoms with E-state index in [2.05, 4.69) is 264 Å². The lowest BCUT2D eigenvalue weighted by Crippen LogP contribution is -2.10. The summed E-state index contributed by atoms with van der Waals surface area (Å²) in [5.74, 6) is 0. The normalized spacial score (nSPS) is 11.6. The van der Waals surface area contributed by atoms with Crippen LogP contribution in [0.2, 0.25) is 0 Å². The molecule has 0 bridgehead atoms. The molecule has 2 heterocycles. The first-order valence-corrected chi connectivity index (χ1v) is 23.7. The van der Waals surface area contributed by atoms with Gasteiger partial charge in [0.05, 0.1) is 16.7 Å². The molecule has 0 aliphatic rings. The number of anilines is 3. The highest BCUT2D eigenvalue weighted by Gasteiger charge is 2.20. The Kier molecular flexibility index (Phi) is 9.40. The van der Waals surface area contributed by atoms with E-state index in [1.807, 2.05) is 11.3 Å². The maximum atomic E-state index is 2.42. The molecule has 0 aliphatic carbocycles. The van der Waals surface area contributed by atoms with E-state index in [9.17, 15) is 0 Å². The highest BCUT2D eigenvalue weighted by Crippen LogP contribution is 2.45. The van der Waals surface area contributed by atoms with Crippen LogP contribution < -0.4 is 4.90 Å². The second-order valence-electron chi connectivity index (χ2n) is 17.3. The van der Waals surface area contributed by atoms with Crippen molar-refractivity contribution in [3.63, 3.8) is 0 Å². The molecule has 11 aromatic carbocycles. The summed E-state index contributed by atoms with van der Waals surface area (Å²) in [6.45, 7) is 0. The van der Waals surface area contributed by atoms with Gasteiger partial charge in [0.2, 0.25) is 0 Å². The molecule has 0 saturated heterocycles. The minimum atomic E-state index is 1.08. The first-order chi connectivity index (χ1) is 33.2. The van der Waals surface area contributed by atoms with Crippen LogP contribution in [0, 0.1) is 0 Å². The third-order valence-corrected chi connectivity index (χ3v) is 14.7. The van der Waals surface area contributed by atoms with Crippen LogP contribution in [0.5, 0.6) is 0 Å². The van der Waals surface area contributed by atoms with Gasteiger partial charge in [-0.15, -0.1) is 11.3 Å². The van der Waals surface area contributed by atoms with Crippen LogP contribution in [0.1, 0.15) is 0 Å². The molecular weight excluding hydrogens is 829 g/mol. The van der Waals surface area contributed by atoms with E-state index in [4.69, 9.17) is 0 Å². The SMILES string of the molecule is c1ccc(-c2cc(-c3ccccc3)cc(N(c3ccc(-c4ccccc4-n4c5ccccc5c5ccccc54)cc3)c3ccc(-c4cccc5c4sc4c6ccccc6ccc54)cc3)c2)cc1. The van der Waals surface area contributed by atoms with Crippen molar-refractivity contribution in [2.75, 3.05) is 4.90 Å². The van der Waals surface area contributed by atoms with Crippen LogP contribution in [0.15, 0.2) is 255 Å². The van der Waals surface area contributed by atoms with Crippen molar-refractivity contribution in [2.45, 2.75) is 0 Å². The molecule has 2 nitrogen and oxygen atoms in total. The smallest absolute Gasteiger partial charge is 0.0541 e. The average molecular weight is 871 g/mol. The van der Waals surface area contributed by atoms with Crippen LogP contribution in [-0.4, -0.2) is 4.57 Å². The van der Waals surface area contributed by atoms with Gasteiger partial charge >= 0.3 is 0 Å². The number of rotatable bonds is 8. The number of para-hydroxylation sites is 3. The van der Waals surface area contributed by atoms with Gasteiger partial charge in [-0.3, -0.25) is 0 Å². The van der Waals surface area contributed by atoms with Crippen molar-refractivity contribution in [3.8, 4) is 50.2 Å². The summed E-state index contributed by atoms with van der Waals surface area (Å²) >= 11 is 1.90. The summed E-state index contributed by atoms with van der Waals surface area (Å²) in [6, 6.07) is 93.1. The number of fused-ring (bicyclic) bond motifs is 8. The fourth-order valence-electron chi connectivity index (χ4n) is 10.2. The zero-order valence-electron chi connectivity index (χ0n) is 36.6. The summed E-state index contributed by atoms with van der Waals surface area (Å²) in [7, 11) is 0. The molecule has 0 radical (unpaired) electrons. The van der Waals surface area contributed by atoms with Crippen LogP contribution >= 0.6 is 11.3 Å². The molecule has 0 unspecified atom stereocenters. The molecule has 0 spiro atoms. The maximum absolute atomic E-state index is 2.42. The van der Waals surface area contributed by atoms with Crippen LogP contribution in [0.4, 0.5) is 17.1 Å². The molecular formula is C64H42N2S. The highest BCUT2D eigenvalue weighted by atomic mass is 32.1. The Morgan fingerprint density at radius 2 is 0.776 bits per heavy atom. The van der Waals surface area contributed by atoms with Gasteiger partial charge in [0.25, 0.3) is 0 Å². The Morgan fingerprint density at radius 1 is 0.284 bits per heavy atom. The Bertz CT molecular complexity index is 3850. The first kappa shape index (κ1) is 38.9. The molecule has 0 N–H and O–H groups in total. The van der Waals surface area contributed by atoms with Gasteiger partial charge in [-0.2, -0.15) is 0 Å². The predicted molar refractivity (Wildman–Crippen MR) is 288 cm³/mol. The summed E-state index contributed by atoms with van der Waals surface area (Å²) in [5, 5.41) is 7.72. The molecule has 314 valence electrons. The fourth-order valence-corrected chi connectivity index (χ4v) is 11.6. The van der Waals surface area contributed by atoms with E-state index in [1.54, 1.807) is 0 Å². The second-order valence-corrected chi connectivity index (χ2v) is 18.3. The van der Waals surface area contributed by atoms with E-state index < -0.39 is 0 Å². The largest absolute Gasteiger partial charge is 0.310 e. The number of benzene rings is 11. The number of hydrogen-bond acceptors (Lipinski definition) is 2. The topological polar surface area (TPSA) is 8.17 Å². The highest BCUT2D eigenvalue weighted by molar-refractivity contribution is 7.27. The van der Waals surface area contributed by atoms with Crippen molar-refractivity contribution in [1.82, 2.24) is 4.57 Å². The molecule has 2 aromatic heterocycles. The van der Waals surface area contributed by atoms with Crippen LogP contribution in [0.25, 0.3) is 103 Å². The van der Waals surface area contributed by atoms with Gasteiger partial charge in [-0.25, -0.2) is 0 Å². The van der Waals surface area contributed by atoms with E-state index in [-0.39, 0.29) is 0 Å². The van der Waals surface area contributed by atoms with Gasteiger partial charge < -0.3 is 9.47 Å². The summed E-state index contributed by atoms with van der Waals surface area (Å²) < 4.78 is 5.08. The van der Waals surface area contributed by atoms with Gasteiger partial charge in [0.15, 0.2) is 0 Å². The quantitative estimate of drug-likeness (QED) is 0.148. The molecule has 3 heteroatoms. The molecule has 13 rings (SSSR count). The van der Waals surface area contributed by atoms with Crippen molar-refractivity contribution >= 4 is 81.1 Å². The van der Waals surface area contributed by atoms with Crippen molar-refractivity contribution in [2.24, 2.45) is 0 Å². The maximum Gasteiger partial charge on any atom is 0.0541 e. The lowest BCUT2D eigenvalue weighted by molar-refractivity contribution is 1.18.